The maximum absolute atomic E-state index is 12.9. The Balaban J connectivity index is 4.39. The van der Waals surface area contributed by atoms with Crippen molar-refractivity contribution in [3.63, 3.8) is 0 Å². The van der Waals surface area contributed by atoms with Crippen molar-refractivity contribution >= 4 is 17.9 Å². The van der Waals surface area contributed by atoms with E-state index in [4.69, 9.17) is 14.2 Å². The third kappa shape index (κ3) is 64.6. The van der Waals surface area contributed by atoms with Crippen LogP contribution >= 0.6 is 0 Å². The van der Waals surface area contributed by atoms with Crippen LogP contribution in [0, 0.1) is 0 Å². The monoisotopic (exact) mass is 1110 g/mol. The van der Waals surface area contributed by atoms with Crippen LogP contribution in [0.3, 0.4) is 0 Å². The molecular formula is C74H124O6. The van der Waals surface area contributed by atoms with Crippen molar-refractivity contribution < 1.29 is 28.6 Å². The molecule has 80 heavy (non-hydrogen) atoms. The molecule has 0 fully saturated rings. The van der Waals surface area contributed by atoms with Gasteiger partial charge in [-0.2, -0.15) is 0 Å². The van der Waals surface area contributed by atoms with Crippen LogP contribution in [0.25, 0.3) is 0 Å². The van der Waals surface area contributed by atoms with Crippen LogP contribution in [0.15, 0.2) is 122 Å². The quantitative estimate of drug-likeness (QED) is 0.0261. The molecule has 0 N–H and O–H groups in total. The molecule has 1 atom stereocenters. The molecule has 6 heteroatoms. The predicted octanol–water partition coefficient (Wildman–Crippen LogP) is 23.2. The average Bonchev–Trinajstić information content (AvgIpc) is 3.46. The van der Waals surface area contributed by atoms with Crippen LogP contribution in [0.4, 0.5) is 0 Å². The topological polar surface area (TPSA) is 78.9 Å². The third-order valence-electron chi connectivity index (χ3n) is 14.2. The van der Waals surface area contributed by atoms with Gasteiger partial charge in [-0.15, -0.1) is 0 Å². The summed E-state index contributed by atoms with van der Waals surface area (Å²) in [6, 6.07) is 0. The lowest BCUT2D eigenvalue weighted by molar-refractivity contribution is -0.167. The second-order valence-electron chi connectivity index (χ2n) is 22.0. The lowest BCUT2D eigenvalue weighted by Crippen LogP contribution is -2.30. The fourth-order valence-electron chi connectivity index (χ4n) is 9.26. The van der Waals surface area contributed by atoms with Gasteiger partial charge in [-0.05, 0) is 109 Å². The minimum atomic E-state index is -0.807. The Bertz CT molecular complexity index is 1650. The Morgan fingerprint density at radius 1 is 0.263 bits per heavy atom. The molecule has 0 aromatic heterocycles. The molecule has 0 aliphatic rings. The average molecular weight is 1110 g/mol. The van der Waals surface area contributed by atoms with E-state index in [0.29, 0.717) is 19.3 Å². The van der Waals surface area contributed by atoms with E-state index >= 15 is 0 Å². The Kier molecular flexibility index (Phi) is 63.8. The van der Waals surface area contributed by atoms with Gasteiger partial charge in [0.15, 0.2) is 6.10 Å². The van der Waals surface area contributed by atoms with E-state index in [1.165, 1.54) is 135 Å². The summed E-state index contributed by atoms with van der Waals surface area (Å²) >= 11 is 0. The van der Waals surface area contributed by atoms with Gasteiger partial charge in [-0.25, -0.2) is 0 Å². The van der Waals surface area contributed by atoms with E-state index in [1.807, 2.05) is 0 Å². The number of rotatable bonds is 60. The Hall–Kier alpha value is -4.19. The van der Waals surface area contributed by atoms with Gasteiger partial charge in [0.2, 0.25) is 0 Å². The van der Waals surface area contributed by atoms with E-state index in [1.54, 1.807) is 0 Å². The summed E-state index contributed by atoms with van der Waals surface area (Å²) in [7, 11) is 0. The van der Waals surface area contributed by atoms with Crippen LogP contribution in [0.2, 0.25) is 0 Å². The second-order valence-corrected chi connectivity index (χ2v) is 22.0. The van der Waals surface area contributed by atoms with Crippen LogP contribution in [-0.4, -0.2) is 37.2 Å². The summed E-state index contributed by atoms with van der Waals surface area (Å²) in [5.41, 5.74) is 0. The molecule has 6 nitrogen and oxygen atoms in total. The van der Waals surface area contributed by atoms with Gasteiger partial charge >= 0.3 is 17.9 Å². The number of esters is 3. The largest absolute Gasteiger partial charge is 0.462 e. The predicted molar refractivity (Wildman–Crippen MR) is 348 cm³/mol. The number of allylic oxidation sites excluding steroid dienone is 20. The highest BCUT2D eigenvalue weighted by atomic mass is 16.6. The summed E-state index contributed by atoms with van der Waals surface area (Å²) in [5, 5.41) is 0. The van der Waals surface area contributed by atoms with Gasteiger partial charge in [0.25, 0.3) is 0 Å². The molecule has 0 spiro atoms. The van der Waals surface area contributed by atoms with Crippen LogP contribution in [0.1, 0.15) is 310 Å². The van der Waals surface area contributed by atoms with Crippen molar-refractivity contribution in [2.75, 3.05) is 13.2 Å². The highest BCUT2D eigenvalue weighted by Gasteiger charge is 2.19. The smallest absolute Gasteiger partial charge is 0.306 e. The fourth-order valence-corrected chi connectivity index (χ4v) is 9.26. The maximum atomic E-state index is 12.9. The van der Waals surface area contributed by atoms with Crippen LogP contribution in [-0.2, 0) is 28.6 Å². The molecule has 0 amide bonds. The lowest BCUT2D eigenvalue weighted by atomic mass is 10.0. The van der Waals surface area contributed by atoms with Crippen LogP contribution < -0.4 is 0 Å². The van der Waals surface area contributed by atoms with Crippen molar-refractivity contribution in [3.8, 4) is 0 Å². The van der Waals surface area contributed by atoms with Gasteiger partial charge in [0.1, 0.15) is 13.2 Å². The van der Waals surface area contributed by atoms with E-state index in [9.17, 15) is 14.4 Å². The lowest BCUT2D eigenvalue weighted by Gasteiger charge is -2.18. The molecule has 0 saturated carbocycles. The summed E-state index contributed by atoms with van der Waals surface area (Å²) < 4.78 is 16.9. The van der Waals surface area contributed by atoms with Gasteiger partial charge < -0.3 is 14.2 Å². The van der Waals surface area contributed by atoms with Gasteiger partial charge in [-0.3, -0.25) is 14.4 Å². The molecule has 0 aromatic carbocycles. The van der Waals surface area contributed by atoms with Crippen LogP contribution in [0.5, 0.6) is 0 Å². The number of ether oxygens (including phenoxy) is 3. The van der Waals surface area contributed by atoms with E-state index in [2.05, 4.69) is 142 Å². The number of hydrogen-bond donors (Lipinski definition) is 0. The van der Waals surface area contributed by atoms with Gasteiger partial charge in [0, 0.05) is 19.3 Å². The second kappa shape index (κ2) is 67.3. The minimum Gasteiger partial charge on any atom is -0.462 e. The molecule has 0 aromatic rings. The number of carbonyl (C=O) groups is 3. The Labute approximate surface area is 494 Å². The van der Waals surface area contributed by atoms with Crippen molar-refractivity contribution in [1.29, 1.82) is 0 Å². The van der Waals surface area contributed by atoms with Crippen molar-refractivity contribution in [3.05, 3.63) is 122 Å². The third-order valence-corrected chi connectivity index (χ3v) is 14.2. The Morgan fingerprint density at radius 2 is 0.487 bits per heavy atom. The molecule has 456 valence electrons. The molecule has 0 aliphatic heterocycles. The number of carbonyl (C=O) groups excluding carboxylic acids is 3. The first-order chi connectivity index (χ1) is 39.5. The number of unbranched alkanes of at least 4 members (excludes halogenated alkanes) is 29. The van der Waals surface area contributed by atoms with E-state index in [-0.39, 0.29) is 31.1 Å². The molecule has 1 unspecified atom stereocenters. The van der Waals surface area contributed by atoms with Gasteiger partial charge in [-0.1, -0.05) is 303 Å². The maximum Gasteiger partial charge on any atom is 0.306 e. The first-order valence-corrected chi connectivity index (χ1v) is 33.5. The van der Waals surface area contributed by atoms with Crippen molar-refractivity contribution in [2.24, 2.45) is 0 Å². The first kappa shape index (κ1) is 75.8. The molecule has 0 heterocycles. The molecule has 0 radical (unpaired) electrons. The number of hydrogen-bond acceptors (Lipinski definition) is 6. The zero-order chi connectivity index (χ0) is 57.8. The van der Waals surface area contributed by atoms with E-state index in [0.717, 1.165) is 135 Å². The van der Waals surface area contributed by atoms with E-state index < -0.39 is 6.10 Å². The molecule has 0 bridgehead atoms. The fraction of sp³-hybridized carbons (Fsp3) is 0.689. The standard InChI is InChI=1S/C74H124O6/c1-4-7-10-13-16-19-22-25-27-29-31-33-35-37-39-40-42-44-46-49-52-55-58-61-64-67-73(76)79-70-71(69-78-72(75)66-63-60-57-54-51-48-24-21-18-15-12-9-6-3)80-74(77)68-65-62-59-56-53-50-47-45-43-41-38-36-34-32-30-28-26-23-20-17-14-11-8-5-2/h7,9-10,12,16,18-19,21,25,27,31,33,37,39,42,44,48-49,51-52,71H,4-6,8,11,13-15,17,20,22-24,26,28-30,32,34-36,38,40-41,43,45-47,50,53-70H2,1-3H3/b10-7-,12-9-,19-16-,21-18-,27-25-,33-31-,39-37-,44-42-,51-48-,52-49-. The molecule has 0 rings (SSSR count). The molecule has 0 aliphatic carbocycles. The summed E-state index contributed by atoms with van der Waals surface area (Å²) in [6.07, 6.45) is 93.7. The zero-order valence-electron chi connectivity index (χ0n) is 52.3. The SMILES string of the molecule is CC/C=C\C/C=C\C/C=C\C/C=C\C/C=C\C/C=C\C/C=C\CCCCCC(=O)OCC(COC(=O)CCCCC/C=C\C/C=C\C/C=C\CC)OC(=O)CCCCCCCCCCCCCCCCCCCCCCCCCC. The zero-order valence-corrected chi connectivity index (χ0v) is 52.3. The minimum absolute atomic E-state index is 0.104. The highest BCUT2D eigenvalue weighted by molar-refractivity contribution is 5.71. The van der Waals surface area contributed by atoms with Gasteiger partial charge in [0.05, 0.1) is 0 Å². The summed E-state index contributed by atoms with van der Waals surface area (Å²) in [6.45, 7) is 6.39. The molecular weight excluding hydrogens is 985 g/mol. The normalized spacial score (nSPS) is 12.9. The Morgan fingerprint density at radius 3 is 0.762 bits per heavy atom. The summed E-state index contributed by atoms with van der Waals surface area (Å²) in [4.78, 5) is 38.3. The summed E-state index contributed by atoms with van der Waals surface area (Å²) in [5.74, 6) is -0.956. The highest BCUT2D eigenvalue weighted by Crippen LogP contribution is 2.17. The van der Waals surface area contributed by atoms with Crippen molar-refractivity contribution in [1.82, 2.24) is 0 Å². The first-order valence-electron chi connectivity index (χ1n) is 33.5. The van der Waals surface area contributed by atoms with Crippen molar-refractivity contribution in [2.45, 2.75) is 316 Å². The molecule has 0 saturated heterocycles.